The Labute approximate surface area is 90.5 Å². The third kappa shape index (κ3) is 2.37. The van der Waals surface area contributed by atoms with Crippen LogP contribution in [0.25, 0.3) is 0 Å². The number of aromatic nitrogens is 2. The Balaban J connectivity index is 1.98. The summed E-state index contributed by atoms with van der Waals surface area (Å²) in [6.45, 7) is 4.41. The average molecular weight is 206 g/mol. The minimum absolute atomic E-state index is 0.627. The summed E-state index contributed by atoms with van der Waals surface area (Å²) in [5, 5.41) is 0. The van der Waals surface area contributed by atoms with Gasteiger partial charge in [0.1, 0.15) is 0 Å². The Morgan fingerprint density at radius 2 is 1.93 bits per heavy atom. The molecule has 1 fully saturated rings. The molecule has 4 nitrogen and oxygen atoms in total. The highest BCUT2D eigenvalue weighted by molar-refractivity contribution is 5.38. The summed E-state index contributed by atoms with van der Waals surface area (Å²) >= 11 is 0. The molecule has 4 heteroatoms. The molecule has 0 bridgehead atoms. The van der Waals surface area contributed by atoms with Crippen LogP contribution in [0.3, 0.4) is 0 Å². The topological polar surface area (TPSA) is 55.0 Å². The zero-order valence-electron chi connectivity index (χ0n) is 9.19. The Morgan fingerprint density at radius 3 is 2.47 bits per heavy atom. The SMILES string of the molecule is CCC1CCN(c2ncc(N)cn2)CC1. The van der Waals surface area contributed by atoms with Crippen LogP contribution in [0.2, 0.25) is 0 Å². The lowest BCUT2D eigenvalue weighted by atomic mass is 9.95. The first kappa shape index (κ1) is 10.2. The maximum absolute atomic E-state index is 5.56. The zero-order chi connectivity index (χ0) is 10.7. The van der Waals surface area contributed by atoms with Crippen LogP contribution in [-0.2, 0) is 0 Å². The molecule has 0 atom stereocenters. The van der Waals surface area contributed by atoms with Crippen molar-refractivity contribution in [2.24, 2.45) is 5.92 Å². The van der Waals surface area contributed by atoms with Gasteiger partial charge in [0, 0.05) is 13.1 Å². The first-order valence-electron chi connectivity index (χ1n) is 5.62. The van der Waals surface area contributed by atoms with Gasteiger partial charge in [0.2, 0.25) is 5.95 Å². The summed E-state index contributed by atoms with van der Waals surface area (Å²) in [6.07, 6.45) is 7.15. The van der Waals surface area contributed by atoms with E-state index < -0.39 is 0 Å². The van der Waals surface area contributed by atoms with Gasteiger partial charge < -0.3 is 10.6 Å². The lowest BCUT2D eigenvalue weighted by Crippen LogP contribution is -2.34. The van der Waals surface area contributed by atoms with Crippen LogP contribution in [0.1, 0.15) is 26.2 Å². The van der Waals surface area contributed by atoms with Crippen LogP contribution in [0, 0.1) is 5.92 Å². The second-order valence-corrected chi connectivity index (χ2v) is 4.16. The molecule has 2 N–H and O–H groups in total. The molecule has 0 aliphatic carbocycles. The quantitative estimate of drug-likeness (QED) is 0.800. The van der Waals surface area contributed by atoms with Gasteiger partial charge in [-0.1, -0.05) is 13.3 Å². The van der Waals surface area contributed by atoms with Crippen molar-refractivity contribution in [1.82, 2.24) is 9.97 Å². The minimum atomic E-state index is 0.627. The van der Waals surface area contributed by atoms with Crippen LogP contribution in [0.4, 0.5) is 11.6 Å². The monoisotopic (exact) mass is 206 g/mol. The largest absolute Gasteiger partial charge is 0.396 e. The van der Waals surface area contributed by atoms with Crippen LogP contribution < -0.4 is 10.6 Å². The molecule has 1 aliphatic rings. The third-order valence-corrected chi connectivity index (χ3v) is 3.13. The minimum Gasteiger partial charge on any atom is -0.396 e. The van der Waals surface area contributed by atoms with Crippen molar-refractivity contribution in [3.8, 4) is 0 Å². The molecule has 0 amide bonds. The van der Waals surface area contributed by atoms with E-state index in [1.54, 1.807) is 12.4 Å². The van der Waals surface area contributed by atoms with Crippen LogP contribution >= 0.6 is 0 Å². The van der Waals surface area contributed by atoms with E-state index >= 15 is 0 Å². The molecule has 1 aromatic rings. The first-order valence-corrected chi connectivity index (χ1v) is 5.62. The normalized spacial score (nSPS) is 18.1. The van der Waals surface area contributed by atoms with Crippen LogP contribution in [-0.4, -0.2) is 23.1 Å². The van der Waals surface area contributed by atoms with E-state index in [9.17, 15) is 0 Å². The van der Waals surface area contributed by atoms with Crippen molar-refractivity contribution in [2.45, 2.75) is 26.2 Å². The van der Waals surface area contributed by atoms with Crippen molar-refractivity contribution in [1.29, 1.82) is 0 Å². The molecular formula is C11H18N4. The summed E-state index contributed by atoms with van der Waals surface area (Å²) in [6, 6.07) is 0. The molecule has 2 heterocycles. The molecule has 1 aromatic heterocycles. The Hall–Kier alpha value is -1.32. The highest BCUT2D eigenvalue weighted by Gasteiger charge is 2.19. The number of hydrogen-bond donors (Lipinski definition) is 1. The van der Waals surface area contributed by atoms with E-state index in [0.29, 0.717) is 5.69 Å². The highest BCUT2D eigenvalue weighted by Crippen LogP contribution is 2.22. The molecule has 1 aliphatic heterocycles. The molecule has 15 heavy (non-hydrogen) atoms. The predicted octanol–water partition coefficient (Wildman–Crippen LogP) is 1.69. The van der Waals surface area contributed by atoms with E-state index in [0.717, 1.165) is 25.0 Å². The fourth-order valence-corrected chi connectivity index (χ4v) is 2.04. The van der Waals surface area contributed by atoms with E-state index in [4.69, 9.17) is 5.73 Å². The summed E-state index contributed by atoms with van der Waals surface area (Å²) in [5.74, 6) is 1.70. The predicted molar refractivity (Wildman–Crippen MR) is 61.7 cm³/mol. The standard InChI is InChI=1S/C11H18N4/c1-2-9-3-5-15(6-4-9)11-13-7-10(12)8-14-11/h7-9H,2-6,12H2,1H3. The second kappa shape index (κ2) is 4.47. The molecule has 0 aromatic carbocycles. The molecule has 0 saturated carbocycles. The maximum atomic E-state index is 5.56. The van der Waals surface area contributed by atoms with Crippen LogP contribution in [0.15, 0.2) is 12.4 Å². The molecule has 0 radical (unpaired) electrons. The Kier molecular flexibility index (Phi) is 3.04. The molecule has 1 saturated heterocycles. The fourth-order valence-electron chi connectivity index (χ4n) is 2.04. The van der Waals surface area contributed by atoms with Gasteiger partial charge in [0.05, 0.1) is 18.1 Å². The highest BCUT2D eigenvalue weighted by atomic mass is 15.2. The second-order valence-electron chi connectivity index (χ2n) is 4.16. The van der Waals surface area contributed by atoms with Gasteiger partial charge in [-0.15, -0.1) is 0 Å². The Morgan fingerprint density at radius 1 is 1.33 bits per heavy atom. The number of nitrogen functional groups attached to an aromatic ring is 1. The van der Waals surface area contributed by atoms with E-state index in [-0.39, 0.29) is 0 Å². The summed E-state index contributed by atoms with van der Waals surface area (Å²) < 4.78 is 0. The number of rotatable bonds is 2. The van der Waals surface area contributed by atoms with Gasteiger partial charge in [-0.05, 0) is 18.8 Å². The van der Waals surface area contributed by atoms with Crippen LogP contribution in [0.5, 0.6) is 0 Å². The number of anilines is 2. The van der Waals surface area contributed by atoms with Gasteiger partial charge in [-0.25, -0.2) is 9.97 Å². The Bertz CT molecular complexity index is 301. The van der Waals surface area contributed by atoms with E-state index in [1.807, 2.05) is 0 Å². The molecule has 0 unspecified atom stereocenters. The molecule has 2 rings (SSSR count). The van der Waals surface area contributed by atoms with Crippen molar-refractivity contribution >= 4 is 11.6 Å². The number of nitrogens with two attached hydrogens (primary N) is 1. The maximum Gasteiger partial charge on any atom is 0.225 e. The third-order valence-electron chi connectivity index (χ3n) is 3.13. The summed E-state index contributed by atoms with van der Waals surface area (Å²) in [4.78, 5) is 10.7. The summed E-state index contributed by atoms with van der Waals surface area (Å²) in [5.41, 5.74) is 6.18. The number of piperidine rings is 1. The van der Waals surface area contributed by atoms with E-state index in [2.05, 4.69) is 21.8 Å². The fraction of sp³-hybridized carbons (Fsp3) is 0.636. The number of hydrogen-bond acceptors (Lipinski definition) is 4. The lowest BCUT2D eigenvalue weighted by molar-refractivity contribution is 0.392. The molecular weight excluding hydrogens is 188 g/mol. The van der Waals surface area contributed by atoms with Crippen molar-refractivity contribution in [3.05, 3.63) is 12.4 Å². The average Bonchev–Trinajstić information content (AvgIpc) is 2.30. The molecule has 0 spiro atoms. The van der Waals surface area contributed by atoms with Gasteiger partial charge >= 0.3 is 0 Å². The smallest absolute Gasteiger partial charge is 0.225 e. The first-order chi connectivity index (χ1) is 7.29. The van der Waals surface area contributed by atoms with Crippen molar-refractivity contribution in [3.63, 3.8) is 0 Å². The number of nitrogens with zero attached hydrogens (tertiary/aromatic N) is 3. The zero-order valence-corrected chi connectivity index (χ0v) is 9.19. The van der Waals surface area contributed by atoms with Gasteiger partial charge in [0.15, 0.2) is 0 Å². The van der Waals surface area contributed by atoms with Gasteiger partial charge in [-0.3, -0.25) is 0 Å². The van der Waals surface area contributed by atoms with Gasteiger partial charge in [0.25, 0.3) is 0 Å². The van der Waals surface area contributed by atoms with Gasteiger partial charge in [-0.2, -0.15) is 0 Å². The summed E-state index contributed by atoms with van der Waals surface area (Å²) in [7, 11) is 0. The lowest BCUT2D eigenvalue weighted by Gasteiger charge is -2.31. The van der Waals surface area contributed by atoms with E-state index in [1.165, 1.54) is 19.3 Å². The van der Waals surface area contributed by atoms with Crippen molar-refractivity contribution < 1.29 is 0 Å². The molecule has 82 valence electrons. The van der Waals surface area contributed by atoms with Crippen molar-refractivity contribution in [2.75, 3.05) is 23.7 Å².